The molecule has 0 N–H and O–H groups in total. The molecule has 0 aliphatic rings. The van der Waals surface area contributed by atoms with Crippen molar-refractivity contribution in [1.82, 2.24) is 4.98 Å². The van der Waals surface area contributed by atoms with Crippen LogP contribution in [0.5, 0.6) is 0 Å². The van der Waals surface area contributed by atoms with E-state index in [-0.39, 0.29) is 5.41 Å². The Balaban J connectivity index is 1.91. The Bertz CT molecular complexity index is 1420. The Morgan fingerprint density at radius 3 is 1.91 bits per heavy atom. The average Bonchev–Trinajstić information content (AvgIpc) is 3.69. The largest absolute Gasteiger partial charge is 0.347 e. The van der Waals surface area contributed by atoms with Crippen LogP contribution in [-0.4, -0.2) is 18.1 Å². The summed E-state index contributed by atoms with van der Waals surface area (Å²) in [4.78, 5) is 7.81. The number of rotatable bonds is 20. The van der Waals surface area contributed by atoms with Crippen molar-refractivity contribution in [3.05, 3.63) is 47.2 Å². The standard InChI is InChI=1S/C38H57N7S2/c1-9-14-17-28(12-4)26-45(27-29(13-5)18-15-10-2)37-40-34(38(6,7)8)36(47-37)44-43-35-31(25-39)24-33(46-35)42-41-32-22-20-30(21-23-32)19-16-11-3/h20-24,28-29H,9-19,26-27H2,1-8H3. The number of benzene rings is 1. The maximum absolute atomic E-state index is 9.88. The fourth-order valence-electron chi connectivity index (χ4n) is 5.56. The summed E-state index contributed by atoms with van der Waals surface area (Å²) in [5.41, 5.74) is 3.30. The molecule has 0 fully saturated rings. The van der Waals surface area contributed by atoms with Gasteiger partial charge < -0.3 is 4.90 Å². The first kappa shape index (κ1) is 38.5. The number of azo groups is 2. The molecule has 7 nitrogen and oxygen atoms in total. The van der Waals surface area contributed by atoms with Crippen LogP contribution in [0.25, 0.3) is 0 Å². The van der Waals surface area contributed by atoms with E-state index in [1.54, 1.807) is 17.4 Å². The first-order valence-electron chi connectivity index (χ1n) is 17.9. The van der Waals surface area contributed by atoms with E-state index < -0.39 is 0 Å². The van der Waals surface area contributed by atoms with Gasteiger partial charge in [-0.15, -0.1) is 20.5 Å². The first-order valence-corrected chi connectivity index (χ1v) is 19.5. The Labute approximate surface area is 292 Å². The number of anilines is 1. The molecular formula is C38H57N7S2. The molecule has 3 aromatic rings. The van der Waals surface area contributed by atoms with E-state index in [2.05, 4.69) is 93.8 Å². The molecule has 0 aliphatic heterocycles. The van der Waals surface area contributed by atoms with Gasteiger partial charge in [-0.2, -0.15) is 5.26 Å². The molecule has 47 heavy (non-hydrogen) atoms. The van der Waals surface area contributed by atoms with E-state index >= 15 is 0 Å². The molecule has 2 heterocycles. The van der Waals surface area contributed by atoms with Crippen LogP contribution in [0.4, 0.5) is 25.8 Å². The highest BCUT2D eigenvalue weighted by Gasteiger charge is 2.27. The maximum atomic E-state index is 9.88. The van der Waals surface area contributed by atoms with E-state index in [9.17, 15) is 5.26 Å². The van der Waals surface area contributed by atoms with Gasteiger partial charge in [0, 0.05) is 18.5 Å². The molecule has 0 saturated heterocycles. The van der Waals surface area contributed by atoms with Crippen molar-refractivity contribution in [1.29, 1.82) is 5.26 Å². The normalized spacial score (nSPS) is 13.4. The van der Waals surface area contributed by atoms with Gasteiger partial charge in [-0.05, 0) is 61.3 Å². The predicted molar refractivity (Wildman–Crippen MR) is 202 cm³/mol. The van der Waals surface area contributed by atoms with Crippen molar-refractivity contribution >= 4 is 48.5 Å². The molecule has 0 aliphatic carbocycles. The Morgan fingerprint density at radius 2 is 1.38 bits per heavy atom. The highest BCUT2D eigenvalue weighted by Crippen LogP contribution is 2.43. The second-order valence-electron chi connectivity index (χ2n) is 13.7. The van der Waals surface area contributed by atoms with Crippen LogP contribution < -0.4 is 4.90 Å². The number of hydrogen-bond donors (Lipinski definition) is 0. The molecule has 2 unspecified atom stereocenters. The molecule has 0 radical (unpaired) electrons. The number of aryl methyl sites for hydroxylation is 1. The highest BCUT2D eigenvalue weighted by molar-refractivity contribution is 7.20. The lowest BCUT2D eigenvalue weighted by Crippen LogP contribution is -2.34. The summed E-state index contributed by atoms with van der Waals surface area (Å²) in [5, 5.41) is 31.1. The van der Waals surface area contributed by atoms with E-state index in [4.69, 9.17) is 10.1 Å². The lowest BCUT2D eigenvalue weighted by atomic mass is 9.92. The van der Waals surface area contributed by atoms with Gasteiger partial charge in [0.15, 0.2) is 15.1 Å². The van der Waals surface area contributed by atoms with Crippen molar-refractivity contribution in [3.63, 3.8) is 0 Å². The molecule has 256 valence electrons. The maximum Gasteiger partial charge on any atom is 0.187 e. The summed E-state index contributed by atoms with van der Waals surface area (Å²) in [6.07, 6.45) is 13.3. The number of hydrogen-bond acceptors (Lipinski definition) is 9. The third-order valence-corrected chi connectivity index (χ3v) is 10.6. The van der Waals surface area contributed by atoms with Gasteiger partial charge in [0.2, 0.25) is 0 Å². The predicted octanol–water partition coefficient (Wildman–Crippen LogP) is 13.8. The number of thiophene rings is 1. The van der Waals surface area contributed by atoms with Gasteiger partial charge in [0.05, 0.1) is 16.9 Å². The summed E-state index contributed by atoms with van der Waals surface area (Å²) in [7, 11) is 0. The summed E-state index contributed by atoms with van der Waals surface area (Å²) >= 11 is 2.97. The summed E-state index contributed by atoms with van der Waals surface area (Å²) in [6, 6.07) is 12.2. The number of aromatic nitrogens is 1. The van der Waals surface area contributed by atoms with Gasteiger partial charge >= 0.3 is 0 Å². The summed E-state index contributed by atoms with van der Waals surface area (Å²) in [6.45, 7) is 20.0. The van der Waals surface area contributed by atoms with E-state index in [1.807, 2.05) is 12.1 Å². The third-order valence-electron chi connectivity index (χ3n) is 8.69. The minimum absolute atomic E-state index is 0.202. The van der Waals surface area contributed by atoms with E-state index in [0.29, 0.717) is 27.4 Å². The third kappa shape index (κ3) is 12.2. The molecule has 9 heteroatoms. The SMILES string of the molecule is CCCCc1ccc(N=Nc2cc(C#N)c(N=Nc3sc(N(CC(CC)CCCC)CC(CC)CCCC)nc3C(C)(C)C)s2)cc1. The zero-order valence-electron chi connectivity index (χ0n) is 30.2. The van der Waals surface area contributed by atoms with Crippen LogP contribution in [-0.2, 0) is 11.8 Å². The monoisotopic (exact) mass is 675 g/mol. The quantitative estimate of drug-likeness (QED) is 0.112. The van der Waals surface area contributed by atoms with E-state index in [0.717, 1.165) is 41.0 Å². The van der Waals surface area contributed by atoms with Gasteiger partial charge in [-0.1, -0.05) is 135 Å². The Hall–Kier alpha value is -2.96. The second kappa shape index (κ2) is 19.8. The van der Waals surface area contributed by atoms with Crippen LogP contribution in [0.15, 0.2) is 50.8 Å². The molecule has 0 saturated carbocycles. The van der Waals surface area contributed by atoms with Crippen molar-refractivity contribution in [3.8, 4) is 6.07 Å². The molecule has 0 bridgehead atoms. The molecule has 1 aromatic carbocycles. The summed E-state index contributed by atoms with van der Waals surface area (Å²) in [5.74, 6) is 1.28. The number of unbranched alkanes of at least 4 members (excludes halogenated alkanes) is 3. The van der Waals surface area contributed by atoms with Crippen molar-refractivity contribution < 1.29 is 0 Å². The molecule has 0 spiro atoms. The van der Waals surface area contributed by atoms with Crippen molar-refractivity contribution in [2.45, 2.75) is 131 Å². The van der Waals surface area contributed by atoms with Gasteiger partial charge in [0.1, 0.15) is 11.1 Å². The Morgan fingerprint density at radius 1 is 0.787 bits per heavy atom. The fourth-order valence-corrected chi connectivity index (χ4v) is 7.43. The number of nitriles is 1. The molecular weight excluding hydrogens is 619 g/mol. The smallest absolute Gasteiger partial charge is 0.187 e. The zero-order valence-corrected chi connectivity index (χ0v) is 31.8. The number of nitrogens with zero attached hydrogens (tertiary/aromatic N) is 7. The fraction of sp³-hybridized carbons (Fsp3) is 0.632. The van der Waals surface area contributed by atoms with E-state index in [1.165, 1.54) is 81.1 Å². The minimum Gasteiger partial charge on any atom is -0.347 e. The second-order valence-corrected chi connectivity index (χ2v) is 15.7. The van der Waals surface area contributed by atoms with Gasteiger partial charge in [0.25, 0.3) is 0 Å². The van der Waals surface area contributed by atoms with Crippen LogP contribution in [0.3, 0.4) is 0 Å². The minimum atomic E-state index is -0.202. The molecule has 2 atom stereocenters. The van der Waals surface area contributed by atoms with Crippen LogP contribution >= 0.6 is 22.7 Å². The number of thiazole rings is 1. The first-order chi connectivity index (χ1) is 22.6. The van der Waals surface area contributed by atoms with Crippen LogP contribution in [0, 0.1) is 23.2 Å². The Kier molecular flexibility index (Phi) is 16.2. The lowest BCUT2D eigenvalue weighted by Gasteiger charge is -2.30. The summed E-state index contributed by atoms with van der Waals surface area (Å²) < 4.78 is 0. The molecule has 0 amide bonds. The lowest BCUT2D eigenvalue weighted by molar-refractivity contribution is 0.403. The van der Waals surface area contributed by atoms with Crippen LogP contribution in [0.2, 0.25) is 0 Å². The molecule has 3 rings (SSSR count). The van der Waals surface area contributed by atoms with Gasteiger partial charge in [-0.25, -0.2) is 4.98 Å². The highest BCUT2D eigenvalue weighted by atomic mass is 32.1. The van der Waals surface area contributed by atoms with Crippen molar-refractivity contribution in [2.75, 3.05) is 18.0 Å². The van der Waals surface area contributed by atoms with Crippen LogP contribution in [0.1, 0.15) is 136 Å². The van der Waals surface area contributed by atoms with Crippen molar-refractivity contribution in [2.24, 2.45) is 32.3 Å². The molecule has 2 aromatic heterocycles. The zero-order chi connectivity index (χ0) is 34.2. The van der Waals surface area contributed by atoms with Gasteiger partial charge in [-0.3, -0.25) is 0 Å². The topological polar surface area (TPSA) is 89.4 Å². The average molecular weight is 676 g/mol.